The van der Waals surface area contributed by atoms with E-state index in [0.717, 1.165) is 6.21 Å². The number of halogens is 2. The van der Waals surface area contributed by atoms with Crippen molar-refractivity contribution >= 4 is 23.8 Å². The summed E-state index contributed by atoms with van der Waals surface area (Å²) in [4.78, 5) is 35.5. The third kappa shape index (κ3) is 3.88. The Labute approximate surface area is 162 Å². The Morgan fingerprint density at radius 2 is 1.86 bits per heavy atom. The number of carbonyl (C=O) groups is 2. The first-order valence-electron chi connectivity index (χ1n) is 8.22. The lowest BCUT2D eigenvalue weighted by Gasteiger charge is -2.21. The molecule has 1 unspecified atom stereocenters. The van der Waals surface area contributed by atoms with Crippen LogP contribution in [-0.2, 0) is 10.3 Å². The van der Waals surface area contributed by atoms with Gasteiger partial charge in [0.05, 0.1) is 16.7 Å². The zero-order valence-corrected chi connectivity index (χ0v) is 14.9. The number of imide groups is 1. The van der Waals surface area contributed by atoms with Crippen LogP contribution in [0.25, 0.3) is 0 Å². The zero-order valence-electron chi connectivity index (χ0n) is 14.9. The van der Waals surface area contributed by atoms with Gasteiger partial charge in [0.1, 0.15) is 11.3 Å². The maximum absolute atomic E-state index is 12.8. The van der Waals surface area contributed by atoms with Gasteiger partial charge < -0.3 is 10.1 Å². The molecule has 2 aromatic rings. The van der Waals surface area contributed by atoms with Crippen LogP contribution in [0.15, 0.2) is 53.6 Å². The number of nitrogens with zero attached hydrogens (tertiary/aromatic N) is 3. The Morgan fingerprint density at radius 3 is 2.48 bits per heavy atom. The minimum absolute atomic E-state index is 0.101. The summed E-state index contributed by atoms with van der Waals surface area (Å²) in [7, 11) is 0. The number of para-hydroxylation sites is 1. The van der Waals surface area contributed by atoms with Gasteiger partial charge in [-0.25, -0.2) is 4.79 Å². The number of ether oxygens (including phenoxy) is 1. The molecule has 1 N–H and O–H groups in total. The monoisotopic (exact) mass is 404 g/mol. The summed E-state index contributed by atoms with van der Waals surface area (Å²) in [5.41, 5.74) is -1.30. The van der Waals surface area contributed by atoms with Gasteiger partial charge >= 0.3 is 12.6 Å². The van der Waals surface area contributed by atoms with E-state index in [1.54, 1.807) is 6.07 Å². The molecule has 2 aromatic carbocycles. The molecule has 0 spiro atoms. The molecule has 3 rings (SSSR count). The van der Waals surface area contributed by atoms with Crippen LogP contribution in [0, 0.1) is 10.1 Å². The van der Waals surface area contributed by atoms with Gasteiger partial charge in [-0.05, 0) is 30.7 Å². The molecule has 0 aliphatic carbocycles. The van der Waals surface area contributed by atoms with Crippen molar-refractivity contribution in [2.24, 2.45) is 5.10 Å². The maximum Gasteiger partial charge on any atom is 0.387 e. The highest BCUT2D eigenvalue weighted by Gasteiger charge is 2.49. The maximum atomic E-state index is 12.8. The van der Waals surface area contributed by atoms with Crippen molar-refractivity contribution in [1.29, 1.82) is 0 Å². The average molecular weight is 404 g/mol. The Hall–Kier alpha value is -3.89. The first kappa shape index (κ1) is 19.9. The van der Waals surface area contributed by atoms with Crippen molar-refractivity contribution in [1.82, 2.24) is 10.3 Å². The van der Waals surface area contributed by atoms with Crippen LogP contribution in [0.4, 0.5) is 19.3 Å². The molecule has 1 aliphatic heterocycles. The summed E-state index contributed by atoms with van der Waals surface area (Å²) in [6.45, 7) is -1.56. The van der Waals surface area contributed by atoms with Gasteiger partial charge in [-0.2, -0.15) is 13.9 Å². The van der Waals surface area contributed by atoms with E-state index < -0.39 is 29.0 Å². The molecule has 0 aromatic heterocycles. The smallest absolute Gasteiger partial charge is 0.387 e. The van der Waals surface area contributed by atoms with Crippen LogP contribution in [0.2, 0.25) is 0 Å². The first-order chi connectivity index (χ1) is 13.7. The number of hydrogen-bond donors (Lipinski definition) is 1. The Kier molecular flexibility index (Phi) is 5.22. The number of hydrazone groups is 1. The summed E-state index contributed by atoms with van der Waals surface area (Å²) < 4.78 is 28.8. The Morgan fingerprint density at radius 1 is 1.21 bits per heavy atom. The molecule has 1 atom stereocenters. The van der Waals surface area contributed by atoms with Crippen LogP contribution in [0.3, 0.4) is 0 Å². The summed E-state index contributed by atoms with van der Waals surface area (Å²) in [6, 6.07) is 10.1. The number of nitro groups is 1. The molecule has 1 heterocycles. The van der Waals surface area contributed by atoms with Gasteiger partial charge in [-0.1, -0.05) is 24.3 Å². The number of amides is 3. The van der Waals surface area contributed by atoms with Crippen LogP contribution >= 0.6 is 0 Å². The third-order valence-corrected chi connectivity index (χ3v) is 4.27. The van der Waals surface area contributed by atoms with Gasteiger partial charge in [0.25, 0.3) is 11.6 Å². The van der Waals surface area contributed by atoms with E-state index in [4.69, 9.17) is 0 Å². The normalized spacial score (nSPS) is 19.1. The number of rotatable bonds is 6. The number of alkyl halides is 2. The summed E-state index contributed by atoms with van der Waals surface area (Å²) in [6.07, 6.45) is 1.04. The summed E-state index contributed by atoms with van der Waals surface area (Å²) in [5, 5.41) is 17.9. The van der Waals surface area contributed by atoms with Crippen molar-refractivity contribution in [3.8, 4) is 5.75 Å². The van der Waals surface area contributed by atoms with E-state index in [9.17, 15) is 28.5 Å². The molecule has 0 saturated carbocycles. The van der Waals surface area contributed by atoms with Crippen LogP contribution < -0.4 is 10.1 Å². The fourth-order valence-electron chi connectivity index (χ4n) is 2.78. The Bertz CT molecular complexity index is 996. The lowest BCUT2D eigenvalue weighted by atomic mass is 9.92. The topological polar surface area (TPSA) is 114 Å². The molecule has 0 bridgehead atoms. The van der Waals surface area contributed by atoms with E-state index in [1.807, 2.05) is 0 Å². The molecule has 0 radical (unpaired) electrons. The largest absolute Gasteiger partial charge is 0.435 e. The second-order valence-corrected chi connectivity index (χ2v) is 6.14. The predicted molar refractivity (Wildman–Crippen MR) is 96.5 cm³/mol. The molecule has 150 valence electrons. The highest BCUT2D eigenvalue weighted by Crippen LogP contribution is 2.30. The SMILES string of the molecule is CC1(c2ccc(OC(F)F)cc2)NC(=O)N(N=Cc2ccccc2[N+](=O)[O-])C1=O. The minimum Gasteiger partial charge on any atom is -0.435 e. The van der Waals surface area contributed by atoms with Gasteiger partial charge in [0.2, 0.25) is 0 Å². The fourth-order valence-corrected chi connectivity index (χ4v) is 2.78. The second kappa shape index (κ2) is 7.62. The highest BCUT2D eigenvalue weighted by molar-refractivity contribution is 6.07. The first-order valence-corrected chi connectivity index (χ1v) is 8.22. The third-order valence-electron chi connectivity index (χ3n) is 4.27. The molecule has 9 nitrogen and oxygen atoms in total. The van der Waals surface area contributed by atoms with Crippen LogP contribution in [-0.4, -0.2) is 34.7 Å². The molecule has 11 heteroatoms. The van der Waals surface area contributed by atoms with Crippen molar-refractivity contribution in [3.63, 3.8) is 0 Å². The average Bonchev–Trinajstić information content (AvgIpc) is 2.89. The summed E-state index contributed by atoms with van der Waals surface area (Å²) >= 11 is 0. The van der Waals surface area contributed by atoms with Gasteiger partial charge in [0, 0.05) is 6.07 Å². The molecular formula is C18H14F2N4O5. The quantitative estimate of drug-likeness (QED) is 0.344. The van der Waals surface area contributed by atoms with Gasteiger partial charge in [-0.3, -0.25) is 14.9 Å². The van der Waals surface area contributed by atoms with Crippen LogP contribution in [0.1, 0.15) is 18.1 Å². The van der Waals surface area contributed by atoms with Crippen LogP contribution in [0.5, 0.6) is 5.75 Å². The molecule has 1 aliphatic rings. The summed E-state index contributed by atoms with van der Waals surface area (Å²) in [5.74, 6) is -0.838. The molecule has 3 amide bonds. The molecule has 1 saturated heterocycles. The number of nitrogens with one attached hydrogen (secondary N) is 1. The molecule has 1 fully saturated rings. The minimum atomic E-state index is -2.99. The molecular weight excluding hydrogens is 390 g/mol. The number of nitro benzene ring substituents is 1. The van der Waals surface area contributed by atoms with E-state index in [-0.39, 0.29) is 17.0 Å². The van der Waals surface area contributed by atoms with E-state index >= 15 is 0 Å². The van der Waals surface area contributed by atoms with E-state index in [1.165, 1.54) is 49.4 Å². The number of urea groups is 1. The van der Waals surface area contributed by atoms with Crippen molar-refractivity contribution in [3.05, 3.63) is 69.8 Å². The highest BCUT2D eigenvalue weighted by atomic mass is 19.3. The van der Waals surface area contributed by atoms with Crippen molar-refractivity contribution in [2.45, 2.75) is 19.1 Å². The fraction of sp³-hybridized carbons (Fsp3) is 0.167. The van der Waals surface area contributed by atoms with E-state index in [0.29, 0.717) is 10.6 Å². The zero-order chi connectivity index (χ0) is 21.2. The Balaban J connectivity index is 1.85. The lowest BCUT2D eigenvalue weighted by molar-refractivity contribution is -0.385. The number of carbonyl (C=O) groups excluding carboxylic acids is 2. The van der Waals surface area contributed by atoms with Gasteiger partial charge in [-0.15, -0.1) is 5.01 Å². The van der Waals surface area contributed by atoms with Crippen molar-refractivity contribution in [2.75, 3.05) is 0 Å². The second-order valence-electron chi connectivity index (χ2n) is 6.14. The standard InChI is InChI=1S/C18H14F2N4O5/c1-18(12-6-8-13(9-7-12)29-16(19)20)15(25)23(17(26)22-18)21-10-11-4-2-3-5-14(11)24(27)28/h2-10,16H,1H3,(H,22,26). The number of benzene rings is 2. The van der Waals surface area contributed by atoms with Crippen molar-refractivity contribution < 1.29 is 28.0 Å². The van der Waals surface area contributed by atoms with E-state index in [2.05, 4.69) is 15.2 Å². The molecule has 29 heavy (non-hydrogen) atoms. The number of hydrogen-bond acceptors (Lipinski definition) is 6. The predicted octanol–water partition coefficient (Wildman–Crippen LogP) is 3.00. The lowest BCUT2D eigenvalue weighted by Crippen LogP contribution is -2.40. The van der Waals surface area contributed by atoms with Gasteiger partial charge in [0.15, 0.2) is 0 Å².